The SMILES string of the molecule is COc1ccc2c(c1)CN(CC(=O)N[C@@](C)(C#N)C(C)C)CC2. The second-order valence-electron chi connectivity index (χ2n) is 6.61. The zero-order chi connectivity index (χ0) is 17.0. The summed E-state index contributed by atoms with van der Waals surface area (Å²) >= 11 is 0. The third-order valence-corrected chi connectivity index (χ3v) is 4.66. The van der Waals surface area contributed by atoms with Gasteiger partial charge in [-0.3, -0.25) is 9.69 Å². The molecule has 1 amide bonds. The Kier molecular flexibility index (Phi) is 5.27. The van der Waals surface area contributed by atoms with E-state index in [4.69, 9.17) is 4.74 Å². The number of nitriles is 1. The maximum atomic E-state index is 12.3. The molecular weight excluding hydrogens is 290 g/mol. The van der Waals surface area contributed by atoms with Crippen LogP contribution in [0.5, 0.6) is 5.75 Å². The molecular formula is C18H25N3O2. The molecule has 0 saturated carbocycles. The summed E-state index contributed by atoms with van der Waals surface area (Å²) < 4.78 is 5.27. The Morgan fingerprint density at radius 1 is 1.48 bits per heavy atom. The van der Waals surface area contributed by atoms with E-state index in [9.17, 15) is 10.1 Å². The largest absolute Gasteiger partial charge is 0.497 e. The van der Waals surface area contributed by atoms with E-state index >= 15 is 0 Å². The van der Waals surface area contributed by atoms with Crippen molar-refractivity contribution >= 4 is 5.91 Å². The van der Waals surface area contributed by atoms with E-state index < -0.39 is 5.54 Å². The minimum Gasteiger partial charge on any atom is -0.497 e. The number of rotatable bonds is 5. The average molecular weight is 315 g/mol. The van der Waals surface area contributed by atoms with Gasteiger partial charge < -0.3 is 10.1 Å². The summed E-state index contributed by atoms with van der Waals surface area (Å²) in [5.41, 5.74) is 1.69. The summed E-state index contributed by atoms with van der Waals surface area (Å²) in [4.78, 5) is 14.4. The summed E-state index contributed by atoms with van der Waals surface area (Å²) in [6.45, 7) is 7.52. The van der Waals surface area contributed by atoms with Gasteiger partial charge in [0.05, 0.1) is 19.7 Å². The molecule has 5 heteroatoms. The Labute approximate surface area is 138 Å². The number of hydrogen-bond acceptors (Lipinski definition) is 4. The molecule has 0 bridgehead atoms. The van der Waals surface area contributed by atoms with Crippen LogP contribution in [0.15, 0.2) is 18.2 Å². The van der Waals surface area contributed by atoms with Crippen LogP contribution in [0.4, 0.5) is 0 Å². The summed E-state index contributed by atoms with van der Waals surface area (Å²) in [6.07, 6.45) is 0.923. The summed E-state index contributed by atoms with van der Waals surface area (Å²) in [7, 11) is 1.66. The monoisotopic (exact) mass is 315 g/mol. The molecule has 1 atom stereocenters. The molecule has 0 unspecified atom stereocenters. The van der Waals surface area contributed by atoms with Crippen LogP contribution in [0.25, 0.3) is 0 Å². The Hall–Kier alpha value is -2.06. The second-order valence-corrected chi connectivity index (χ2v) is 6.61. The second kappa shape index (κ2) is 7.01. The van der Waals surface area contributed by atoms with Gasteiger partial charge in [0.1, 0.15) is 11.3 Å². The van der Waals surface area contributed by atoms with Gasteiger partial charge in [0.15, 0.2) is 0 Å². The Morgan fingerprint density at radius 3 is 2.83 bits per heavy atom. The molecule has 5 nitrogen and oxygen atoms in total. The number of carbonyl (C=O) groups is 1. The summed E-state index contributed by atoms with van der Waals surface area (Å²) in [5, 5.41) is 12.2. The molecule has 23 heavy (non-hydrogen) atoms. The number of nitrogens with one attached hydrogen (secondary N) is 1. The molecule has 1 aliphatic heterocycles. The summed E-state index contributed by atoms with van der Waals surface area (Å²) in [6, 6.07) is 8.31. The van der Waals surface area contributed by atoms with Gasteiger partial charge in [0.25, 0.3) is 0 Å². The Morgan fingerprint density at radius 2 is 2.22 bits per heavy atom. The third-order valence-electron chi connectivity index (χ3n) is 4.66. The fraction of sp³-hybridized carbons (Fsp3) is 0.556. The fourth-order valence-corrected chi connectivity index (χ4v) is 2.69. The van der Waals surface area contributed by atoms with Crippen molar-refractivity contribution in [1.29, 1.82) is 5.26 Å². The van der Waals surface area contributed by atoms with Gasteiger partial charge >= 0.3 is 0 Å². The van der Waals surface area contributed by atoms with E-state index in [1.165, 1.54) is 11.1 Å². The van der Waals surface area contributed by atoms with E-state index in [0.29, 0.717) is 6.54 Å². The standard InChI is InChI=1S/C18H25N3O2/c1-13(2)18(3,12-19)20-17(22)11-21-8-7-14-5-6-16(23-4)9-15(14)10-21/h5-6,9,13H,7-8,10-11H2,1-4H3,(H,20,22)/t18-/m0/s1. The molecule has 0 saturated heterocycles. The smallest absolute Gasteiger partial charge is 0.235 e. The number of hydrogen-bond donors (Lipinski definition) is 1. The number of carbonyl (C=O) groups excluding carboxylic acids is 1. The molecule has 1 N–H and O–H groups in total. The van der Waals surface area contributed by atoms with E-state index in [1.807, 2.05) is 26.0 Å². The van der Waals surface area contributed by atoms with Crippen molar-refractivity contribution in [2.45, 2.75) is 39.3 Å². The van der Waals surface area contributed by atoms with E-state index in [0.717, 1.165) is 25.3 Å². The van der Waals surface area contributed by atoms with Crippen molar-refractivity contribution in [1.82, 2.24) is 10.2 Å². The Balaban J connectivity index is 1.99. The van der Waals surface area contributed by atoms with Crippen molar-refractivity contribution in [3.63, 3.8) is 0 Å². The van der Waals surface area contributed by atoms with Crippen LogP contribution in [0.3, 0.4) is 0 Å². The molecule has 0 aromatic heterocycles. The van der Waals surface area contributed by atoms with Gasteiger partial charge in [-0.15, -0.1) is 0 Å². The minimum atomic E-state index is -0.825. The Bertz CT molecular complexity index is 621. The number of ether oxygens (including phenoxy) is 1. The normalized spacial score (nSPS) is 17.0. The molecule has 0 spiro atoms. The van der Waals surface area contributed by atoms with Gasteiger partial charge in [0, 0.05) is 13.1 Å². The fourth-order valence-electron chi connectivity index (χ4n) is 2.69. The van der Waals surface area contributed by atoms with Crippen molar-refractivity contribution < 1.29 is 9.53 Å². The van der Waals surface area contributed by atoms with Crippen molar-refractivity contribution in [3.8, 4) is 11.8 Å². The maximum Gasteiger partial charge on any atom is 0.235 e. The lowest BCUT2D eigenvalue weighted by atomic mass is 9.90. The topological polar surface area (TPSA) is 65.4 Å². The zero-order valence-corrected chi connectivity index (χ0v) is 14.3. The predicted octanol–water partition coefficient (Wildman–Crippen LogP) is 2.11. The van der Waals surface area contributed by atoms with Crippen LogP contribution in [-0.4, -0.2) is 36.5 Å². The molecule has 1 aromatic carbocycles. The molecule has 124 valence electrons. The highest BCUT2D eigenvalue weighted by Crippen LogP contribution is 2.23. The predicted molar refractivity (Wildman–Crippen MR) is 89.0 cm³/mol. The van der Waals surface area contributed by atoms with Crippen LogP contribution in [0.2, 0.25) is 0 Å². The van der Waals surface area contributed by atoms with Crippen LogP contribution >= 0.6 is 0 Å². The van der Waals surface area contributed by atoms with Crippen molar-refractivity contribution in [2.75, 3.05) is 20.2 Å². The van der Waals surface area contributed by atoms with E-state index in [-0.39, 0.29) is 11.8 Å². The van der Waals surface area contributed by atoms with Crippen LogP contribution < -0.4 is 10.1 Å². The highest BCUT2D eigenvalue weighted by atomic mass is 16.5. The van der Waals surface area contributed by atoms with Gasteiger partial charge in [-0.1, -0.05) is 19.9 Å². The lowest BCUT2D eigenvalue weighted by Crippen LogP contribution is -2.52. The van der Waals surface area contributed by atoms with Crippen molar-refractivity contribution in [3.05, 3.63) is 29.3 Å². The number of amides is 1. The first-order valence-electron chi connectivity index (χ1n) is 7.98. The quantitative estimate of drug-likeness (QED) is 0.904. The first-order valence-corrected chi connectivity index (χ1v) is 7.98. The summed E-state index contributed by atoms with van der Waals surface area (Å²) in [5.74, 6) is 0.795. The van der Waals surface area contributed by atoms with Gasteiger partial charge in [0.2, 0.25) is 5.91 Å². The zero-order valence-electron chi connectivity index (χ0n) is 14.3. The van der Waals surface area contributed by atoms with Crippen molar-refractivity contribution in [2.24, 2.45) is 5.92 Å². The molecule has 2 rings (SSSR count). The van der Waals surface area contributed by atoms with Gasteiger partial charge in [-0.2, -0.15) is 5.26 Å². The highest BCUT2D eigenvalue weighted by Gasteiger charge is 2.30. The molecule has 1 aromatic rings. The van der Waals surface area contributed by atoms with E-state index in [2.05, 4.69) is 22.4 Å². The third kappa shape index (κ3) is 4.02. The number of benzene rings is 1. The van der Waals surface area contributed by atoms with Gasteiger partial charge in [-0.05, 0) is 42.5 Å². The molecule has 0 aliphatic carbocycles. The average Bonchev–Trinajstić information content (AvgIpc) is 2.53. The first kappa shape index (κ1) is 17.3. The number of fused-ring (bicyclic) bond motifs is 1. The molecule has 1 aliphatic rings. The number of methoxy groups -OCH3 is 1. The highest BCUT2D eigenvalue weighted by molar-refractivity contribution is 5.79. The lowest BCUT2D eigenvalue weighted by Gasteiger charge is -2.31. The minimum absolute atomic E-state index is 0.0581. The molecule has 0 fully saturated rings. The van der Waals surface area contributed by atoms with Crippen LogP contribution in [0.1, 0.15) is 31.9 Å². The van der Waals surface area contributed by atoms with E-state index in [1.54, 1.807) is 14.0 Å². The van der Waals surface area contributed by atoms with Crippen LogP contribution in [-0.2, 0) is 17.8 Å². The first-order chi connectivity index (χ1) is 10.9. The lowest BCUT2D eigenvalue weighted by molar-refractivity contribution is -0.124. The molecule has 1 heterocycles. The maximum absolute atomic E-state index is 12.3. The van der Waals surface area contributed by atoms with Crippen LogP contribution in [0, 0.1) is 17.2 Å². The van der Waals surface area contributed by atoms with Gasteiger partial charge in [-0.25, -0.2) is 0 Å². The number of nitrogens with zero attached hydrogens (tertiary/aromatic N) is 2. The molecule has 0 radical (unpaired) electrons.